The molecule has 8 heteroatoms. The molecule has 7 nitrogen and oxygen atoms in total. The summed E-state index contributed by atoms with van der Waals surface area (Å²) in [6.07, 6.45) is 0.412. The minimum atomic E-state index is -0.404. The van der Waals surface area contributed by atoms with Crippen LogP contribution < -0.4 is 15.1 Å². The van der Waals surface area contributed by atoms with Crippen LogP contribution in [0.15, 0.2) is 72.8 Å². The van der Waals surface area contributed by atoms with Gasteiger partial charge in [-0.15, -0.1) is 0 Å². The number of nitrogens with zero attached hydrogens (tertiary/aromatic N) is 3. The maximum atomic E-state index is 13.6. The SMILES string of the molecule is O=C(NCc1cccc(F)c1)[C@H]1Cc2cc([N+](=O)[O-])ccc2N2CCN(c3ccccc3)C[C@H]12. The summed E-state index contributed by atoms with van der Waals surface area (Å²) in [5.74, 6) is -0.872. The van der Waals surface area contributed by atoms with Gasteiger partial charge in [-0.2, -0.15) is 0 Å². The summed E-state index contributed by atoms with van der Waals surface area (Å²) in [5, 5.41) is 14.3. The van der Waals surface area contributed by atoms with E-state index in [0.29, 0.717) is 25.1 Å². The number of fused-ring (bicyclic) bond motifs is 3. The highest BCUT2D eigenvalue weighted by atomic mass is 19.1. The summed E-state index contributed by atoms with van der Waals surface area (Å²) in [7, 11) is 0. The molecule has 3 aromatic rings. The minimum absolute atomic E-state index is 0.0269. The summed E-state index contributed by atoms with van der Waals surface area (Å²) in [6.45, 7) is 2.38. The van der Waals surface area contributed by atoms with E-state index < -0.39 is 10.8 Å². The standard InChI is InChI=1S/C26H25FN4O3/c27-20-6-4-5-18(13-20)16-28-26(32)23-15-19-14-22(31(33)34)9-10-24(19)30-12-11-29(17-25(23)30)21-7-2-1-3-8-21/h1-10,13-14,23,25H,11-12,15-17H2,(H,28,32)/t23-,25+/m0/s1. The number of para-hydroxylation sites is 1. The van der Waals surface area contributed by atoms with Gasteiger partial charge in [-0.25, -0.2) is 4.39 Å². The third-order valence-corrected chi connectivity index (χ3v) is 6.72. The Morgan fingerprint density at radius 3 is 2.65 bits per heavy atom. The number of hydrogen-bond donors (Lipinski definition) is 1. The number of nitro benzene ring substituents is 1. The Balaban J connectivity index is 1.43. The summed E-state index contributed by atoms with van der Waals surface area (Å²) in [4.78, 5) is 28.8. The summed E-state index contributed by atoms with van der Waals surface area (Å²) < 4.78 is 13.6. The maximum absolute atomic E-state index is 13.6. The molecule has 3 aromatic carbocycles. The third kappa shape index (κ3) is 4.31. The molecule has 1 amide bonds. The molecule has 2 atom stereocenters. The second-order valence-electron chi connectivity index (χ2n) is 8.77. The number of amides is 1. The van der Waals surface area contributed by atoms with Gasteiger partial charge in [-0.1, -0.05) is 30.3 Å². The fourth-order valence-electron chi connectivity index (χ4n) is 5.06. The molecular formula is C26H25FN4O3. The van der Waals surface area contributed by atoms with E-state index in [2.05, 4.69) is 27.2 Å². The Morgan fingerprint density at radius 2 is 1.88 bits per heavy atom. The number of piperazine rings is 1. The molecule has 0 aliphatic carbocycles. The number of halogens is 1. The van der Waals surface area contributed by atoms with Gasteiger partial charge in [0, 0.05) is 49.7 Å². The molecule has 0 radical (unpaired) electrons. The number of rotatable bonds is 5. The Labute approximate surface area is 197 Å². The second-order valence-corrected chi connectivity index (χ2v) is 8.77. The van der Waals surface area contributed by atoms with Gasteiger partial charge < -0.3 is 15.1 Å². The number of hydrogen-bond acceptors (Lipinski definition) is 5. The van der Waals surface area contributed by atoms with E-state index in [-0.39, 0.29) is 30.0 Å². The van der Waals surface area contributed by atoms with Crippen molar-refractivity contribution in [2.45, 2.75) is 19.0 Å². The Kier molecular flexibility index (Phi) is 5.88. The number of non-ortho nitro benzene ring substituents is 1. The molecule has 2 aliphatic rings. The van der Waals surface area contributed by atoms with Crippen LogP contribution in [0.1, 0.15) is 11.1 Å². The molecule has 5 rings (SSSR count). The Morgan fingerprint density at radius 1 is 1.06 bits per heavy atom. The third-order valence-electron chi connectivity index (χ3n) is 6.72. The van der Waals surface area contributed by atoms with Gasteiger partial charge in [0.05, 0.1) is 16.9 Å². The van der Waals surface area contributed by atoms with Crippen LogP contribution in [0.3, 0.4) is 0 Å². The molecule has 0 unspecified atom stereocenters. The van der Waals surface area contributed by atoms with Gasteiger partial charge in [-0.05, 0) is 47.9 Å². The fourth-order valence-corrected chi connectivity index (χ4v) is 5.06. The molecule has 174 valence electrons. The van der Waals surface area contributed by atoms with Gasteiger partial charge in [0.25, 0.3) is 5.69 Å². The van der Waals surface area contributed by atoms with E-state index in [4.69, 9.17) is 0 Å². The van der Waals surface area contributed by atoms with Crippen molar-refractivity contribution in [3.05, 3.63) is 99.9 Å². The highest BCUT2D eigenvalue weighted by molar-refractivity contribution is 5.82. The maximum Gasteiger partial charge on any atom is 0.269 e. The van der Waals surface area contributed by atoms with Crippen molar-refractivity contribution in [2.75, 3.05) is 29.4 Å². The van der Waals surface area contributed by atoms with Crippen molar-refractivity contribution < 1.29 is 14.1 Å². The minimum Gasteiger partial charge on any atom is -0.368 e. The number of carbonyl (C=O) groups excluding carboxylic acids is 1. The van der Waals surface area contributed by atoms with Crippen LogP contribution in [0.25, 0.3) is 0 Å². The molecule has 1 fully saturated rings. The molecule has 2 aliphatic heterocycles. The van der Waals surface area contributed by atoms with E-state index in [1.54, 1.807) is 24.3 Å². The zero-order chi connectivity index (χ0) is 23.7. The average Bonchev–Trinajstić information content (AvgIpc) is 2.86. The average molecular weight is 461 g/mol. The first-order chi connectivity index (χ1) is 16.5. The molecule has 0 aromatic heterocycles. The molecule has 2 heterocycles. The Bertz CT molecular complexity index is 1220. The van der Waals surface area contributed by atoms with Gasteiger partial charge in [0.2, 0.25) is 5.91 Å². The van der Waals surface area contributed by atoms with Gasteiger partial charge in [0.15, 0.2) is 0 Å². The van der Waals surface area contributed by atoms with E-state index in [1.165, 1.54) is 18.2 Å². The van der Waals surface area contributed by atoms with Crippen LogP contribution in [-0.4, -0.2) is 36.5 Å². The quantitative estimate of drug-likeness (QED) is 0.461. The topological polar surface area (TPSA) is 78.7 Å². The van der Waals surface area contributed by atoms with Crippen molar-refractivity contribution >= 4 is 23.0 Å². The molecule has 0 saturated carbocycles. The first-order valence-electron chi connectivity index (χ1n) is 11.4. The van der Waals surface area contributed by atoms with Crippen molar-refractivity contribution in [2.24, 2.45) is 5.92 Å². The van der Waals surface area contributed by atoms with Crippen LogP contribution in [0.2, 0.25) is 0 Å². The lowest BCUT2D eigenvalue weighted by atomic mass is 9.83. The van der Waals surface area contributed by atoms with Gasteiger partial charge in [0.1, 0.15) is 5.82 Å². The lowest BCUT2D eigenvalue weighted by Crippen LogP contribution is -2.61. The van der Waals surface area contributed by atoms with Crippen molar-refractivity contribution in [3.63, 3.8) is 0 Å². The van der Waals surface area contributed by atoms with E-state index in [1.807, 2.05) is 18.2 Å². The van der Waals surface area contributed by atoms with Crippen LogP contribution in [0.4, 0.5) is 21.5 Å². The zero-order valence-electron chi connectivity index (χ0n) is 18.6. The lowest BCUT2D eigenvalue weighted by molar-refractivity contribution is -0.384. The first kappa shape index (κ1) is 21.9. The van der Waals surface area contributed by atoms with Crippen LogP contribution >= 0.6 is 0 Å². The Hall–Kier alpha value is -3.94. The van der Waals surface area contributed by atoms with Crippen LogP contribution in [0, 0.1) is 21.8 Å². The summed E-state index contributed by atoms with van der Waals surface area (Å²) >= 11 is 0. The van der Waals surface area contributed by atoms with Crippen molar-refractivity contribution in [1.29, 1.82) is 0 Å². The van der Waals surface area contributed by atoms with Gasteiger partial charge in [-0.3, -0.25) is 14.9 Å². The van der Waals surface area contributed by atoms with Crippen molar-refractivity contribution in [3.8, 4) is 0 Å². The van der Waals surface area contributed by atoms with Crippen LogP contribution in [-0.2, 0) is 17.8 Å². The van der Waals surface area contributed by atoms with E-state index in [9.17, 15) is 19.3 Å². The second kappa shape index (κ2) is 9.13. The van der Waals surface area contributed by atoms with Crippen molar-refractivity contribution in [1.82, 2.24) is 5.32 Å². The molecule has 0 bridgehead atoms. The zero-order valence-corrected chi connectivity index (χ0v) is 18.6. The fraction of sp³-hybridized carbons (Fsp3) is 0.269. The van der Waals surface area contributed by atoms with E-state index in [0.717, 1.165) is 23.5 Å². The smallest absolute Gasteiger partial charge is 0.269 e. The number of nitrogens with one attached hydrogen (secondary N) is 1. The molecule has 34 heavy (non-hydrogen) atoms. The monoisotopic (exact) mass is 460 g/mol. The number of anilines is 2. The number of carbonyl (C=O) groups is 1. The highest BCUT2D eigenvalue weighted by Crippen LogP contribution is 2.38. The predicted molar refractivity (Wildman–Crippen MR) is 128 cm³/mol. The van der Waals surface area contributed by atoms with Gasteiger partial charge >= 0.3 is 0 Å². The normalized spacial score (nSPS) is 19.2. The largest absolute Gasteiger partial charge is 0.368 e. The van der Waals surface area contributed by atoms with E-state index >= 15 is 0 Å². The summed E-state index contributed by atoms with van der Waals surface area (Å²) in [5.41, 5.74) is 3.59. The summed E-state index contributed by atoms with van der Waals surface area (Å²) in [6, 6.07) is 21.1. The lowest BCUT2D eigenvalue weighted by Gasteiger charge is -2.49. The highest BCUT2D eigenvalue weighted by Gasteiger charge is 2.42. The number of nitro groups is 1. The first-order valence-corrected chi connectivity index (χ1v) is 11.4. The molecule has 1 saturated heterocycles. The molecule has 1 N–H and O–H groups in total. The molecular weight excluding hydrogens is 435 g/mol. The number of benzene rings is 3. The molecule has 0 spiro atoms. The predicted octanol–water partition coefficient (Wildman–Crippen LogP) is 3.92. The van der Waals surface area contributed by atoms with Crippen LogP contribution in [0.5, 0.6) is 0 Å².